The maximum Gasteiger partial charge on any atom is 0.372 e. The zero-order valence-corrected chi connectivity index (χ0v) is 21.3. The molecule has 0 saturated heterocycles. The third kappa shape index (κ3) is 9.82. The van der Waals surface area contributed by atoms with E-state index in [1.165, 1.54) is 13.0 Å². The van der Waals surface area contributed by atoms with Gasteiger partial charge in [-0.2, -0.15) is 0 Å². The van der Waals surface area contributed by atoms with E-state index >= 15 is 0 Å². The Morgan fingerprint density at radius 3 is 2.22 bits per heavy atom. The van der Waals surface area contributed by atoms with Gasteiger partial charge in [-0.05, 0) is 32.4 Å². The fourth-order valence-electron chi connectivity index (χ4n) is 3.56. The van der Waals surface area contributed by atoms with Crippen LogP contribution in [-0.4, -0.2) is 73.4 Å². The van der Waals surface area contributed by atoms with Gasteiger partial charge in [0.2, 0.25) is 11.7 Å². The molecule has 0 aromatic heterocycles. The van der Waals surface area contributed by atoms with Crippen LogP contribution in [0.25, 0.3) is 10.4 Å². The summed E-state index contributed by atoms with van der Waals surface area (Å²) < 4.78 is 26.5. The molecule has 1 N–H and O–H groups in total. The molecule has 0 aromatic rings. The maximum absolute atomic E-state index is 12.6. The van der Waals surface area contributed by atoms with Crippen LogP contribution >= 0.6 is 0 Å². The lowest BCUT2D eigenvalue weighted by molar-refractivity contribution is -0.181. The monoisotopic (exact) mass is 512 g/mol. The van der Waals surface area contributed by atoms with Gasteiger partial charge in [0.1, 0.15) is 11.7 Å². The first kappa shape index (κ1) is 30.2. The second-order valence-electron chi connectivity index (χ2n) is 8.92. The molecular formula is C22H32N4O10. The second kappa shape index (κ2) is 13.3. The highest BCUT2D eigenvalue weighted by molar-refractivity contribution is 5.86. The van der Waals surface area contributed by atoms with Gasteiger partial charge >= 0.3 is 23.9 Å². The number of hydrogen-bond acceptors (Lipinski definition) is 11. The lowest BCUT2D eigenvalue weighted by Gasteiger charge is -2.41. The van der Waals surface area contributed by atoms with Crippen LogP contribution in [0.5, 0.6) is 0 Å². The van der Waals surface area contributed by atoms with Crippen LogP contribution in [-0.2, 0) is 47.7 Å². The summed E-state index contributed by atoms with van der Waals surface area (Å²) in [6.07, 6.45) is -3.20. The number of carbonyl (C=O) groups is 5. The average Bonchev–Trinajstić information content (AvgIpc) is 2.73. The van der Waals surface area contributed by atoms with Crippen molar-refractivity contribution in [3.8, 4) is 0 Å². The molecule has 0 aliphatic carbocycles. The molecule has 200 valence electrons. The highest BCUT2D eigenvalue weighted by atomic mass is 16.6. The van der Waals surface area contributed by atoms with Crippen molar-refractivity contribution >= 4 is 29.8 Å². The Hall–Kier alpha value is -3.80. The Labute approximate surface area is 208 Å². The van der Waals surface area contributed by atoms with Gasteiger partial charge in [0.05, 0.1) is 26.1 Å². The Morgan fingerprint density at radius 2 is 1.75 bits per heavy atom. The Bertz CT molecular complexity index is 932. The number of methoxy groups -OCH3 is 1. The van der Waals surface area contributed by atoms with Gasteiger partial charge in [-0.1, -0.05) is 5.11 Å². The molecule has 0 fully saturated rings. The van der Waals surface area contributed by atoms with E-state index < -0.39 is 72.2 Å². The predicted octanol–water partition coefficient (Wildman–Crippen LogP) is 1.47. The number of nitrogens with one attached hydrogen (secondary N) is 1. The standard InChI is InChI=1S/C22H32N4O10/c1-11(27)25-18-14(9-17(30)36-22(4,5)6)8-15(21(31)32-7)35-20(18)19(34-13(3)29)16(10-24-26-23)33-12(2)28/h8,14,16,18-20H,9-10H2,1-7H3,(H,25,27)/t14-,16-,18-,19+,20-/m1/s1. The fraction of sp³-hybridized carbons (Fsp3) is 0.682. The average molecular weight is 513 g/mol. The Kier molecular flexibility index (Phi) is 11.2. The molecule has 36 heavy (non-hydrogen) atoms. The van der Waals surface area contributed by atoms with Crippen LogP contribution in [0.4, 0.5) is 0 Å². The van der Waals surface area contributed by atoms with E-state index in [0.29, 0.717) is 0 Å². The number of carbonyl (C=O) groups excluding carboxylic acids is 5. The summed E-state index contributed by atoms with van der Waals surface area (Å²) in [5, 5.41) is 6.04. The highest BCUT2D eigenvalue weighted by Crippen LogP contribution is 2.32. The molecule has 0 saturated carbocycles. The molecule has 1 aliphatic rings. The summed E-state index contributed by atoms with van der Waals surface area (Å²) in [5.41, 5.74) is 7.97. The highest BCUT2D eigenvalue weighted by Gasteiger charge is 2.48. The summed E-state index contributed by atoms with van der Waals surface area (Å²) in [4.78, 5) is 63.5. The second-order valence-corrected chi connectivity index (χ2v) is 8.92. The summed E-state index contributed by atoms with van der Waals surface area (Å²) in [5.74, 6) is -4.91. The maximum atomic E-state index is 12.6. The van der Waals surface area contributed by atoms with E-state index in [0.717, 1.165) is 21.0 Å². The zero-order chi connectivity index (χ0) is 27.6. The van der Waals surface area contributed by atoms with Crippen LogP contribution in [0.3, 0.4) is 0 Å². The van der Waals surface area contributed by atoms with Crippen LogP contribution < -0.4 is 5.32 Å². The molecule has 0 radical (unpaired) electrons. The largest absolute Gasteiger partial charge is 0.477 e. The molecule has 14 nitrogen and oxygen atoms in total. The molecular weight excluding hydrogens is 480 g/mol. The van der Waals surface area contributed by atoms with Gasteiger partial charge in [-0.25, -0.2) is 4.79 Å². The van der Waals surface area contributed by atoms with Crippen molar-refractivity contribution in [3.05, 3.63) is 22.3 Å². The minimum atomic E-state index is -1.47. The van der Waals surface area contributed by atoms with Gasteiger partial charge in [0, 0.05) is 31.6 Å². The molecule has 5 atom stereocenters. The minimum absolute atomic E-state index is 0.302. The van der Waals surface area contributed by atoms with Crippen molar-refractivity contribution in [2.24, 2.45) is 11.0 Å². The zero-order valence-electron chi connectivity index (χ0n) is 21.3. The molecule has 14 heteroatoms. The predicted molar refractivity (Wildman–Crippen MR) is 122 cm³/mol. The van der Waals surface area contributed by atoms with Crippen molar-refractivity contribution in [1.82, 2.24) is 5.32 Å². The first-order valence-electron chi connectivity index (χ1n) is 11.0. The minimum Gasteiger partial charge on any atom is -0.477 e. The van der Waals surface area contributed by atoms with E-state index in [9.17, 15) is 24.0 Å². The molecule has 1 aliphatic heterocycles. The molecule has 0 aromatic carbocycles. The van der Waals surface area contributed by atoms with Gasteiger partial charge < -0.3 is 29.0 Å². The third-order valence-electron chi connectivity index (χ3n) is 4.66. The van der Waals surface area contributed by atoms with E-state index in [-0.39, 0.29) is 12.2 Å². The first-order chi connectivity index (χ1) is 16.7. The van der Waals surface area contributed by atoms with E-state index in [1.54, 1.807) is 20.8 Å². The topological polar surface area (TPSA) is 192 Å². The third-order valence-corrected chi connectivity index (χ3v) is 4.66. The van der Waals surface area contributed by atoms with Gasteiger partial charge in [0.15, 0.2) is 12.2 Å². The summed E-state index contributed by atoms with van der Waals surface area (Å²) in [6, 6.07) is -1.07. The molecule has 1 heterocycles. The van der Waals surface area contributed by atoms with Crippen LogP contribution in [0.2, 0.25) is 0 Å². The molecule has 1 rings (SSSR count). The Morgan fingerprint density at radius 1 is 1.14 bits per heavy atom. The molecule has 0 unspecified atom stereocenters. The quantitative estimate of drug-likeness (QED) is 0.147. The summed E-state index contributed by atoms with van der Waals surface area (Å²) in [6.45, 7) is 7.95. The smallest absolute Gasteiger partial charge is 0.372 e. The van der Waals surface area contributed by atoms with Crippen LogP contribution in [0, 0.1) is 5.92 Å². The van der Waals surface area contributed by atoms with Gasteiger partial charge in [0.25, 0.3) is 0 Å². The number of rotatable bonds is 10. The van der Waals surface area contributed by atoms with Gasteiger partial charge in [-0.15, -0.1) is 0 Å². The summed E-state index contributed by atoms with van der Waals surface area (Å²) in [7, 11) is 1.11. The first-order valence-corrected chi connectivity index (χ1v) is 11.0. The lowest BCUT2D eigenvalue weighted by atomic mass is 9.85. The number of amides is 1. The van der Waals surface area contributed by atoms with Crippen LogP contribution in [0.15, 0.2) is 16.9 Å². The van der Waals surface area contributed by atoms with Crippen molar-refractivity contribution < 1.29 is 47.7 Å². The van der Waals surface area contributed by atoms with Crippen molar-refractivity contribution in [2.75, 3.05) is 13.7 Å². The fourth-order valence-corrected chi connectivity index (χ4v) is 3.56. The normalized spacial score (nSPS) is 20.8. The molecule has 0 spiro atoms. The van der Waals surface area contributed by atoms with Gasteiger partial charge in [-0.3, -0.25) is 19.2 Å². The number of hydrogen-bond donors (Lipinski definition) is 1. The number of azide groups is 1. The molecule has 0 bridgehead atoms. The number of nitrogens with zero attached hydrogens (tertiary/aromatic N) is 3. The van der Waals surface area contributed by atoms with E-state index in [1.807, 2.05) is 0 Å². The van der Waals surface area contributed by atoms with Crippen molar-refractivity contribution in [1.29, 1.82) is 0 Å². The Balaban J connectivity index is 3.64. The van der Waals surface area contributed by atoms with Crippen LogP contribution in [0.1, 0.15) is 48.0 Å². The number of ether oxygens (including phenoxy) is 5. The SMILES string of the molecule is COC(=O)C1=C[C@H](CC(=O)OC(C)(C)C)[C@@H](NC(C)=O)[C@H]([C@@H](OC(C)=O)[C@@H](CN=[N+]=[N-])OC(C)=O)O1. The van der Waals surface area contributed by atoms with Crippen molar-refractivity contribution in [3.63, 3.8) is 0 Å². The molecule has 1 amide bonds. The lowest BCUT2D eigenvalue weighted by Crippen LogP contribution is -2.60. The van der Waals surface area contributed by atoms with E-state index in [2.05, 4.69) is 15.3 Å². The van der Waals surface area contributed by atoms with Crippen molar-refractivity contribution in [2.45, 2.75) is 77.9 Å². The summed E-state index contributed by atoms with van der Waals surface area (Å²) >= 11 is 0. The number of esters is 4. The van der Waals surface area contributed by atoms with E-state index in [4.69, 9.17) is 29.2 Å².